The molecule has 0 aliphatic carbocycles. The molecule has 0 spiro atoms. The van der Waals surface area contributed by atoms with Gasteiger partial charge in [-0.3, -0.25) is 14.8 Å². The fraction of sp³-hybridized carbons (Fsp3) is 0.952. The molecule has 164 valence electrons. The first kappa shape index (κ1) is 24.2. The minimum Gasteiger partial charge on any atom is -0.379 e. The molecule has 2 unspecified atom stereocenters. The van der Waals surface area contributed by atoms with Gasteiger partial charge in [0.25, 0.3) is 0 Å². The molecule has 0 saturated carbocycles. The van der Waals surface area contributed by atoms with E-state index in [0.29, 0.717) is 6.04 Å². The van der Waals surface area contributed by atoms with E-state index in [2.05, 4.69) is 47.7 Å². The number of hydrogen-bond donors (Lipinski definition) is 1. The van der Waals surface area contributed by atoms with Crippen molar-refractivity contribution in [3.8, 4) is 0 Å². The fourth-order valence-electron chi connectivity index (χ4n) is 4.71. The van der Waals surface area contributed by atoms with E-state index >= 15 is 0 Å². The molecule has 3 heterocycles. The summed E-state index contributed by atoms with van der Waals surface area (Å²) in [5.74, 6) is 1.91. The summed E-state index contributed by atoms with van der Waals surface area (Å²) in [7, 11) is 0. The van der Waals surface area contributed by atoms with Crippen LogP contribution in [-0.2, 0) is 4.74 Å². The maximum Gasteiger partial charge on any atom is 0.194 e. The molecule has 6 nitrogen and oxygen atoms in total. The molecule has 3 rings (SSSR count). The molecule has 7 heteroatoms. The molecule has 3 saturated heterocycles. The standard InChI is InChI=1S/C21H41N5O.HI/c1-5-22-20(23-17-21(3,4)26-9-6-7-18(2)15-26)25-10-8-19(16-25)24-11-13-27-14-12-24;/h18-19H,5-17H2,1-4H3,(H,22,23);1H. The number of guanidine groups is 1. The third-order valence-corrected chi connectivity index (χ3v) is 6.49. The van der Waals surface area contributed by atoms with Crippen molar-refractivity contribution >= 4 is 29.9 Å². The van der Waals surface area contributed by atoms with E-state index in [0.717, 1.165) is 64.4 Å². The molecule has 3 fully saturated rings. The van der Waals surface area contributed by atoms with Crippen LogP contribution in [0.1, 0.15) is 47.0 Å². The van der Waals surface area contributed by atoms with Crippen LogP contribution >= 0.6 is 24.0 Å². The number of piperidine rings is 1. The van der Waals surface area contributed by atoms with E-state index in [1.54, 1.807) is 0 Å². The van der Waals surface area contributed by atoms with Crippen LogP contribution in [0, 0.1) is 5.92 Å². The van der Waals surface area contributed by atoms with Gasteiger partial charge in [-0.05, 0) is 52.5 Å². The lowest BCUT2D eigenvalue weighted by atomic mass is 9.94. The van der Waals surface area contributed by atoms with Crippen molar-refractivity contribution in [2.75, 3.05) is 65.6 Å². The zero-order chi connectivity index (χ0) is 19.3. The van der Waals surface area contributed by atoms with Gasteiger partial charge in [0.05, 0.1) is 19.8 Å². The van der Waals surface area contributed by atoms with E-state index in [9.17, 15) is 0 Å². The largest absolute Gasteiger partial charge is 0.379 e. The summed E-state index contributed by atoms with van der Waals surface area (Å²) in [5, 5.41) is 3.55. The zero-order valence-corrected chi connectivity index (χ0v) is 20.8. The van der Waals surface area contributed by atoms with Crippen molar-refractivity contribution < 1.29 is 4.74 Å². The number of ether oxygens (including phenoxy) is 1. The quantitative estimate of drug-likeness (QED) is 0.352. The van der Waals surface area contributed by atoms with Crippen LogP contribution in [0.3, 0.4) is 0 Å². The normalized spacial score (nSPS) is 28.3. The zero-order valence-electron chi connectivity index (χ0n) is 18.5. The smallest absolute Gasteiger partial charge is 0.194 e. The average molecular weight is 508 g/mol. The fourth-order valence-corrected chi connectivity index (χ4v) is 4.71. The first-order chi connectivity index (χ1) is 13.0. The van der Waals surface area contributed by atoms with Crippen LogP contribution in [0.4, 0.5) is 0 Å². The lowest BCUT2D eigenvalue weighted by Crippen LogP contribution is -2.51. The molecule has 0 radical (unpaired) electrons. The van der Waals surface area contributed by atoms with Crippen molar-refractivity contribution in [3.05, 3.63) is 0 Å². The number of morpholine rings is 1. The Morgan fingerprint density at radius 2 is 1.86 bits per heavy atom. The Kier molecular flexibility index (Phi) is 9.76. The first-order valence-electron chi connectivity index (χ1n) is 11.1. The van der Waals surface area contributed by atoms with Gasteiger partial charge >= 0.3 is 0 Å². The highest BCUT2D eigenvalue weighted by molar-refractivity contribution is 14.0. The Morgan fingerprint density at radius 3 is 2.54 bits per heavy atom. The van der Waals surface area contributed by atoms with Gasteiger partial charge < -0.3 is 15.0 Å². The molecule has 0 aromatic heterocycles. The number of likely N-dealkylation sites (tertiary alicyclic amines) is 2. The maximum atomic E-state index is 5.52. The Balaban J connectivity index is 0.00000280. The summed E-state index contributed by atoms with van der Waals surface area (Å²) >= 11 is 0. The molecule has 28 heavy (non-hydrogen) atoms. The molecular formula is C21H42IN5O. The monoisotopic (exact) mass is 507 g/mol. The predicted molar refractivity (Wildman–Crippen MR) is 128 cm³/mol. The predicted octanol–water partition coefficient (Wildman–Crippen LogP) is 2.49. The van der Waals surface area contributed by atoms with E-state index < -0.39 is 0 Å². The first-order valence-corrected chi connectivity index (χ1v) is 11.1. The molecule has 3 aliphatic heterocycles. The highest BCUT2D eigenvalue weighted by Gasteiger charge is 2.32. The third kappa shape index (κ3) is 6.44. The summed E-state index contributed by atoms with van der Waals surface area (Å²) in [6, 6.07) is 0.647. The second-order valence-corrected chi connectivity index (χ2v) is 9.21. The van der Waals surface area contributed by atoms with Crippen LogP contribution in [0.5, 0.6) is 0 Å². The van der Waals surface area contributed by atoms with E-state index in [4.69, 9.17) is 9.73 Å². The minimum atomic E-state index is 0. The Bertz CT molecular complexity index is 495. The Morgan fingerprint density at radius 1 is 1.11 bits per heavy atom. The number of halogens is 1. The summed E-state index contributed by atoms with van der Waals surface area (Å²) in [6.45, 7) is 19.6. The minimum absolute atomic E-state index is 0. The average Bonchev–Trinajstić information content (AvgIpc) is 3.16. The number of nitrogens with zero attached hydrogens (tertiary/aromatic N) is 4. The summed E-state index contributed by atoms with van der Waals surface area (Å²) in [4.78, 5) is 12.8. The lowest BCUT2D eigenvalue weighted by Gasteiger charge is -2.42. The van der Waals surface area contributed by atoms with Crippen molar-refractivity contribution in [2.24, 2.45) is 10.9 Å². The van der Waals surface area contributed by atoms with Crippen LogP contribution < -0.4 is 5.32 Å². The van der Waals surface area contributed by atoms with E-state index in [1.165, 1.54) is 32.4 Å². The van der Waals surface area contributed by atoms with Crippen LogP contribution in [0.15, 0.2) is 4.99 Å². The van der Waals surface area contributed by atoms with Gasteiger partial charge in [-0.25, -0.2) is 0 Å². The number of hydrogen-bond acceptors (Lipinski definition) is 4. The molecule has 0 amide bonds. The highest BCUT2D eigenvalue weighted by Crippen LogP contribution is 2.24. The molecule has 0 bridgehead atoms. The highest BCUT2D eigenvalue weighted by atomic mass is 127. The van der Waals surface area contributed by atoms with Gasteiger partial charge in [-0.2, -0.15) is 0 Å². The second-order valence-electron chi connectivity index (χ2n) is 9.21. The van der Waals surface area contributed by atoms with E-state index in [-0.39, 0.29) is 29.5 Å². The van der Waals surface area contributed by atoms with Crippen LogP contribution in [-0.4, -0.2) is 97.8 Å². The van der Waals surface area contributed by atoms with E-state index in [1.807, 2.05) is 0 Å². The van der Waals surface area contributed by atoms with Crippen molar-refractivity contribution in [2.45, 2.75) is 58.5 Å². The van der Waals surface area contributed by atoms with Crippen molar-refractivity contribution in [1.29, 1.82) is 0 Å². The number of aliphatic imine (C=N–C) groups is 1. The van der Waals surface area contributed by atoms with Gasteiger partial charge in [0.15, 0.2) is 5.96 Å². The molecular weight excluding hydrogens is 465 g/mol. The van der Waals surface area contributed by atoms with Gasteiger partial charge in [-0.1, -0.05) is 6.92 Å². The number of nitrogens with one attached hydrogen (secondary N) is 1. The second kappa shape index (κ2) is 11.3. The molecule has 3 aliphatic rings. The molecule has 0 aromatic rings. The topological polar surface area (TPSA) is 43.3 Å². The van der Waals surface area contributed by atoms with Gasteiger partial charge in [0, 0.05) is 50.8 Å². The Hall–Kier alpha value is -0.120. The molecule has 2 atom stereocenters. The van der Waals surface area contributed by atoms with Gasteiger partial charge in [0.1, 0.15) is 0 Å². The molecule has 0 aromatic carbocycles. The van der Waals surface area contributed by atoms with Crippen molar-refractivity contribution in [3.63, 3.8) is 0 Å². The SMILES string of the molecule is CCNC(=NCC(C)(C)N1CCCC(C)C1)N1CCC(N2CCOCC2)C1.I. The summed E-state index contributed by atoms with van der Waals surface area (Å²) < 4.78 is 5.52. The van der Waals surface area contributed by atoms with Crippen LogP contribution in [0.2, 0.25) is 0 Å². The third-order valence-electron chi connectivity index (χ3n) is 6.49. The number of rotatable bonds is 5. The maximum absolute atomic E-state index is 5.52. The van der Waals surface area contributed by atoms with Crippen molar-refractivity contribution in [1.82, 2.24) is 20.0 Å². The lowest BCUT2D eigenvalue weighted by molar-refractivity contribution is 0.0194. The van der Waals surface area contributed by atoms with Gasteiger partial charge in [-0.15, -0.1) is 24.0 Å². The molecule has 1 N–H and O–H groups in total. The van der Waals surface area contributed by atoms with Crippen LogP contribution in [0.25, 0.3) is 0 Å². The summed E-state index contributed by atoms with van der Waals surface area (Å²) in [5.41, 5.74) is 0.124. The Labute approximate surface area is 189 Å². The summed E-state index contributed by atoms with van der Waals surface area (Å²) in [6.07, 6.45) is 3.92. The van der Waals surface area contributed by atoms with Gasteiger partial charge in [0.2, 0.25) is 0 Å².